The number of rotatable bonds is 1. The molecule has 4 atom stereocenters. The zero-order valence-corrected chi connectivity index (χ0v) is 18.5. The van der Waals surface area contributed by atoms with Crippen LogP contribution in [0.3, 0.4) is 0 Å². The zero-order valence-electron chi connectivity index (χ0n) is 18.5. The lowest BCUT2D eigenvalue weighted by molar-refractivity contribution is 0.115. The van der Waals surface area contributed by atoms with Gasteiger partial charge in [-0.1, -0.05) is 42.5 Å². The maximum atomic E-state index is 12.7. The van der Waals surface area contributed by atoms with E-state index in [1.54, 1.807) is 0 Å². The van der Waals surface area contributed by atoms with Gasteiger partial charge in [-0.3, -0.25) is 0 Å². The van der Waals surface area contributed by atoms with Crippen LogP contribution in [0, 0.1) is 0 Å². The van der Waals surface area contributed by atoms with Crippen LogP contribution in [-0.4, -0.2) is 61.4 Å². The van der Waals surface area contributed by atoms with Crippen LogP contribution >= 0.6 is 0 Å². The second kappa shape index (κ2) is 6.99. The molecule has 2 amide bonds. The summed E-state index contributed by atoms with van der Waals surface area (Å²) in [5, 5.41) is 0. The third kappa shape index (κ3) is 2.41. The summed E-state index contributed by atoms with van der Waals surface area (Å²) in [5.41, 5.74) is 6.49. The van der Waals surface area contributed by atoms with E-state index in [2.05, 4.69) is 42.5 Å². The van der Waals surface area contributed by atoms with Gasteiger partial charge in [-0.05, 0) is 53.5 Å². The molecule has 6 rings (SSSR count). The molecule has 2 fully saturated rings. The van der Waals surface area contributed by atoms with Crippen molar-refractivity contribution in [3.63, 3.8) is 0 Å². The highest BCUT2D eigenvalue weighted by Gasteiger charge is 2.58. The Labute approximate surface area is 188 Å². The summed E-state index contributed by atoms with van der Waals surface area (Å²) in [5.74, 6) is 0.355. The summed E-state index contributed by atoms with van der Waals surface area (Å²) in [7, 11) is 2.93. The molecular weight excluding hydrogens is 404 g/mol. The van der Waals surface area contributed by atoms with Gasteiger partial charge in [-0.25, -0.2) is 9.59 Å². The van der Waals surface area contributed by atoms with Crippen molar-refractivity contribution >= 4 is 12.2 Å². The average molecular weight is 433 g/mol. The van der Waals surface area contributed by atoms with E-state index in [9.17, 15) is 9.59 Å². The maximum Gasteiger partial charge on any atom is 0.409 e. The first-order chi connectivity index (χ1) is 15.6. The van der Waals surface area contributed by atoms with E-state index in [1.165, 1.54) is 42.0 Å². The van der Waals surface area contributed by atoms with E-state index in [1.807, 2.05) is 9.80 Å². The Morgan fingerprint density at radius 2 is 1.66 bits per heavy atom. The molecule has 2 heterocycles. The lowest BCUT2D eigenvalue weighted by atomic mass is 9.70. The molecule has 1 unspecified atom stereocenters. The van der Waals surface area contributed by atoms with Crippen molar-refractivity contribution in [1.82, 2.24) is 9.80 Å². The van der Waals surface area contributed by atoms with Gasteiger partial charge in [0.25, 0.3) is 0 Å². The second-order valence-electron chi connectivity index (χ2n) is 9.47. The highest BCUT2D eigenvalue weighted by Crippen LogP contribution is 2.56. The van der Waals surface area contributed by atoms with E-state index >= 15 is 0 Å². The second-order valence-corrected chi connectivity index (χ2v) is 9.47. The molecule has 0 N–H and O–H groups in total. The predicted molar refractivity (Wildman–Crippen MR) is 119 cm³/mol. The number of nitrogens with zero attached hydrogens (tertiary/aromatic N) is 2. The van der Waals surface area contributed by atoms with Crippen molar-refractivity contribution in [2.45, 2.75) is 49.1 Å². The van der Waals surface area contributed by atoms with Crippen LogP contribution in [0.4, 0.5) is 9.59 Å². The standard InChI is InChI=1S/C26H28N2O4/c1-31-24(29)27-12-10-18-17-7-5-9-21(19(17)15-22(18)27)26-11-13-28(25(30)32-2)23(26)14-16-6-3-4-8-20(16)26/h3-9,18,22-23H,10-15H2,1-2H3/t18-,22?,23-,26+/m0/s1. The molecule has 0 radical (unpaired) electrons. The topological polar surface area (TPSA) is 59.1 Å². The molecule has 2 saturated heterocycles. The van der Waals surface area contributed by atoms with E-state index in [4.69, 9.17) is 9.47 Å². The number of carbonyl (C=O) groups excluding carboxylic acids is 2. The molecule has 0 bridgehead atoms. The first-order valence-corrected chi connectivity index (χ1v) is 11.5. The Kier molecular flexibility index (Phi) is 4.29. The molecule has 4 aliphatic rings. The first-order valence-electron chi connectivity index (χ1n) is 11.5. The van der Waals surface area contributed by atoms with Gasteiger partial charge in [0.1, 0.15) is 0 Å². The number of hydrogen-bond acceptors (Lipinski definition) is 4. The highest BCUT2D eigenvalue weighted by atomic mass is 16.5. The number of methoxy groups -OCH3 is 2. The molecule has 0 spiro atoms. The van der Waals surface area contributed by atoms with Crippen molar-refractivity contribution in [1.29, 1.82) is 0 Å². The minimum absolute atomic E-state index is 0.0519. The zero-order chi connectivity index (χ0) is 22.0. The van der Waals surface area contributed by atoms with Gasteiger partial charge in [0.2, 0.25) is 0 Å². The predicted octanol–water partition coefficient (Wildman–Crippen LogP) is 3.85. The minimum atomic E-state index is -0.244. The van der Waals surface area contributed by atoms with Crippen LogP contribution in [-0.2, 0) is 27.7 Å². The third-order valence-electron chi connectivity index (χ3n) is 8.47. The van der Waals surface area contributed by atoms with E-state index in [0.717, 1.165) is 32.2 Å². The van der Waals surface area contributed by atoms with Gasteiger partial charge in [0.15, 0.2) is 0 Å². The molecule has 0 saturated carbocycles. The van der Waals surface area contributed by atoms with E-state index in [-0.39, 0.29) is 29.7 Å². The summed E-state index contributed by atoms with van der Waals surface area (Å²) in [6.45, 7) is 1.44. The number of amides is 2. The SMILES string of the molecule is COC(=O)N1CC[C@H]2c3cccc([C@]45CCN(C(=O)OC)[C@H]4Cc4ccccc45)c3CC21. The molecular formula is C26H28N2O4. The summed E-state index contributed by atoms with van der Waals surface area (Å²) in [6, 6.07) is 15.5. The van der Waals surface area contributed by atoms with E-state index < -0.39 is 0 Å². The molecule has 2 aliphatic carbocycles. The Hall–Kier alpha value is -3.02. The Morgan fingerprint density at radius 1 is 0.906 bits per heavy atom. The fourth-order valence-corrected chi connectivity index (χ4v) is 7.24. The van der Waals surface area contributed by atoms with Crippen LogP contribution in [0.1, 0.15) is 46.6 Å². The first kappa shape index (κ1) is 19.6. The molecule has 2 aliphatic heterocycles. The molecule has 32 heavy (non-hydrogen) atoms. The smallest absolute Gasteiger partial charge is 0.409 e. The van der Waals surface area contributed by atoms with Gasteiger partial charge >= 0.3 is 12.2 Å². The van der Waals surface area contributed by atoms with E-state index in [0.29, 0.717) is 12.5 Å². The molecule has 2 aromatic carbocycles. The Bertz CT molecular complexity index is 1110. The van der Waals surface area contributed by atoms with Gasteiger partial charge in [-0.2, -0.15) is 0 Å². The number of benzene rings is 2. The largest absolute Gasteiger partial charge is 0.453 e. The van der Waals surface area contributed by atoms with Gasteiger partial charge in [0, 0.05) is 30.5 Å². The molecule has 6 heteroatoms. The number of carbonyl (C=O) groups is 2. The van der Waals surface area contributed by atoms with Gasteiger partial charge in [0.05, 0.1) is 20.3 Å². The van der Waals surface area contributed by atoms with Crippen LogP contribution < -0.4 is 0 Å². The van der Waals surface area contributed by atoms with Crippen molar-refractivity contribution < 1.29 is 19.1 Å². The Balaban J connectivity index is 1.49. The average Bonchev–Trinajstić information content (AvgIpc) is 3.56. The number of ether oxygens (including phenoxy) is 2. The quantitative estimate of drug-likeness (QED) is 0.687. The maximum absolute atomic E-state index is 12.7. The van der Waals surface area contributed by atoms with Crippen molar-refractivity contribution in [3.8, 4) is 0 Å². The normalized spacial score (nSPS) is 29.4. The Morgan fingerprint density at radius 3 is 2.47 bits per heavy atom. The third-order valence-corrected chi connectivity index (χ3v) is 8.47. The van der Waals surface area contributed by atoms with Crippen molar-refractivity contribution in [2.75, 3.05) is 27.3 Å². The summed E-state index contributed by atoms with van der Waals surface area (Å²) >= 11 is 0. The van der Waals surface area contributed by atoms with Crippen LogP contribution in [0.5, 0.6) is 0 Å². The summed E-state index contributed by atoms with van der Waals surface area (Å²) in [6.07, 6.45) is 3.07. The monoisotopic (exact) mass is 432 g/mol. The minimum Gasteiger partial charge on any atom is -0.453 e. The number of hydrogen-bond donors (Lipinski definition) is 0. The van der Waals surface area contributed by atoms with Crippen LogP contribution in [0.25, 0.3) is 0 Å². The fraction of sp³-hybridized carbons (Fsp3) is 0.462. The number of fused-ring (bicyclic) bond motifs is 6. The molecule has 6 nitrogen and oxygen atoms in total. The van der Waals surface area contributed by atoms with Gasteiger partial charge in [-0.15, -0.1) is 0 Å². The molecule has 0 aromatic heterocycles. The molecule has 166 valence electrons. The highest BCUT2D eigenvalue weighted by molar-refractivity contribution is 5.72. The fourth-order valence-electron chi connectivity index (χ4n) is 7.24. The van der Waals surface area contributed by atoms with Gasteiger partial charge < -0.3 is 19.3 Å². The lowest BCUT2D eigenvalue weighted by Gasteiger charge is -2.35. The van der Waals surface area contributed by atoms with Crippen molar-refractivity contribution in [2.24, 2.45) is 0 Å². The molecule has 2 aromatic rings. The van der Waals surface area contributed by atoms with Crippen LogP contribution in [0.2, 0.25) is 0 Å². The van der Waals surface area contributed by atoms with Crippen LogP contribution in [0.15, 0.2) is 42.5 Å². The number of likely N-dealkylation sites (tertiary alicyclic amines) is 2. The lowest BCUT2D eigenvalue weighted by Crippen LogP contribution is -2.44. The summed E-state index contributed by atoms with van der Waals surface area (Å²) < 4.78 is 10.2. The summed E-state index contributed by atoms with van der Waals surface area (Å²) in [4.78, 5) is 28.9. The van der Waals surface area contributed by atoms with Crippen molar-refractivity contribution in [3.05, 3.63) is 70.3 Å².